The van der Waals surface area contributed by atoms with Crippen LogP contribution in [0.5, 0.6) is 0 Å². The molecule has 1 heterocycles. The van der Waals surface area contributed by atoms with Gasteiger partial charge in [-0.15, -0.1) is 0 Å². The summed E-state index contributed by atoms with van der Waals surface area (Å²) in [6.45, 7) is 8.06. The normalized spacial score (nSPS) is 19.6. The van der Waals surface area contributed by atoms with Crippen molar-refractivity contribution >= 4 is 5.91 Å². The van der Waals surface area contributed by atoms with Crippen molar-refractivity contribution in [3.8, 4) is 6.07 Å². The highest BCUT2D eigenvalue weighted by molar-refractivity contribution is 5.78. The fourth-order valence-corrected chi connectivity index (χ4v) is 2.41. The Morgan fingerprint density at radius 1 is 1.32 bits per heavy atom. The molecule has 1 aromatic rings. The van der Waals surface area contributed by atoms with Gasteiger partial charge in [-0.3, -0.25) is 4.79 Å². The fraction of sp³-hybridized carbons (Fsp3) is 0.500. The Kier molecular flexibility index (Phi) is 3.61. The molecule has 0 radical (unpaired) electrons. The Hall–Kier alpha value is -1.82. The molecule has 1 saturated heterocycles. The summed E-state index contributed by atoms with van der Waals surface area (Å²) >= 11 is 0. The molecule has 0 bridgehead atoms. The van der Waals surface area contributed by atoms with Crippen LogP contribution in [0.1, 0.15) is 38.3 Å². The van der Waals surface area contributed by atoms with Crippen molar-refractivity contribution in [1.82, 2.24) is 4.90 Å². The molecule has 19 heavy (non-hydrogen) atoms. The van der Waals surface area contributed by atoms with E-state index in [4.69, 9.17) is 5.26 Å². The standard InChI is InChI=1S/C16H20N2O/c1-16(2,3)14-8-15(19)18(11-14)10-13-6-4-12(9-17)5-7-13/h4-7,14H,8,10-11H2,1-3H3. The molecule has 0 aliphatic carbocycles. The lowest BCUT2D eigenvalue weighted by Gasteiger charge is -2.26. The van der Waals surface area contributed by atoms with E-state index in [1.165, 1.54) is 0 Å². The molecule has 0 N–H and O–H groups in total. The number of benzene rings is 1. The highest BCUT2D eigenvalue weighted by Gasteiger charge is 2.36. The first-order valence-corrected chi connectivity index (χ1v) is 6.67. The minimum atomic E-state index is 0.176. The van der Waals surface area contributed by atoms with Crippen molar-refractivity contribution in [3.63, 3.8) is 0 Å². The van der Waals surface area contributed by atoms with Crippen molar-refractivity contribution in [3.05, 3.63) is 35.4 Å². The van der Waals surface area contributed by atoms with E-state index in [0.29, 0.717) is 24.4 Å². The van der Waals surface area contributed by atoms with Gasteiger partial charge in [-0.05, 0) is 29.0 Å². The van der Waals surface area contributed by atoms with E-state index in [9.17, 15) is 4.79 Å². The van der Waals surface area contributed by atoms with Crippen LogP contribution in [0.3, 0.4) is 0 Å². The van der Waals surface area contributed by atoms with Gasteiger partial charge >= 0.3 is 0 Å². The largest absolute Gasteiger partial charge is 0.338 e. The number of hydrogen-bond donors (Lipinski definition) is 0. The molecule has 1 aliphatic rings. The maximum Gasteiger partial charge on any atom is 0.223 e. The lowest BCUT2D eigenvalue weighted by molar-refractivity contribution is -0.128. The summed E-state index contributed by atoms with van der Waals surface area (Å²) in [5.41, 5.74) is 1.92. The molecule has 1 fully saturated rings. The summed E-state index contributed by atoms with van der Waals surface area (Å²) in [6.07, 6.45) is 0.653. The summed E-state index contributed by atoms with van der Waals surface area (Å²) in [7, 11) is 0. The Morgan fingerprint density at radius 3 is 2.42 bits per heavy atom. The highest BCUT2D eigenvalue weighted by atomic mass is 16.2. The number of carbonyl (C=O) groups excluding carboxylic acids is 1. The van der Waals surface area contributed by atoms with Gasteiger partial charge in [0.25, 0.3) is 0 Å². The zero-order valence-corrected chi connectivity index (χ0v) is 11.8. The van der Waals surface area contributed by atoms with Gasteiger partial charge in [-0.1, -0.05) is 32.9 Å². The van der Waals surface area contributed by atoms with Crippen molar-refractivity contribution in [2.24, 2.45) is 11.3 Å². The first-order valence-electron chi connectivity index (χ1n) is 6.67. The van der Waals surface area contributed by atoms with Gasteiger partial charge in [-0.25, -0.2) is 0 Å². The van der Waals surface area contributed by atoms with Crippen LogP contribution in [0.2, 0.25) is 0 Å². The van der Waals surface area contributed by atoms with Gasteiger partial charge in [-0.2, -0.15) is 5.26 Å². The quantitative estimate of drug-likeness (QED) is 0.816. The Balaban J connectivity index is 2.03. The monoisotopic (exact) mass is 256 g/mol. The minimum absolute atomic E-state index is 0.176. The molecule has 1 aromatic carbocycles. The molecule has 100 valence electrons. The smallest absolute Gasteiger partial charge is 0.223 e. The molecule has 0 aromatic heterocycles. The van der Waals surface area contributed by atoms with Gasteiger partial charge in [0.1, 0.15) is 0 Å². The Labute approximate surface area is 114 Å². The number of amides is 1. The maximum atomic E-state index is 12.0. The number of nitriles is 1. The van der Waals surface area contributed by atoms with Crippen LogP contribution >= 0.6 is 0 Å². The van der Waals surface area contributed by atoms with Crippen LogP contribution in [-0.4, -0.2) is 17.4 Å². The molecule has 0 spiro atoms. The van der Waals surface area contributed by atoms with Gasteiger partial charge in [0.2, 0.25) is 5.91 Å². The first kappa shape index (κ1) is 13.6. The molecule has 1 atom stereocenters. The van der Waals surface area contributed by atoms with E-state index < -0.39 is 0 Å². The third-order valence-corrected chi connectivity index (χ3v) is 3.90. The lowest BCUT2D eigenvalue weighted by Crippen LogP contribution is -2.27. The lowest BCUT2D eigenvalue weighted by atomic mass is 9.80. The predicted octanol–water partition coefficient (Wildman–Crippen LogP) is 2.95. The van der Waals surface area contributed by atoms with E-state index in [1.807, 2.05) is 17.0 Å². The van der Waals surface area contributed by atoms with Crippen molar-refractivity contribution in [2.45, 2.75) is 33.7 Å². The number of hydrogen-bond acceptors (Lipinski definition) is 2. The second-order valence-electron chi connectivity index (χ2n) is 6.35. The Morgan fingerprint density at radius 2 is 1.95 bits per heavy atom. The van der Waals surface area contributed by atoms with E-state index in [1.54, 1.807) is 12.1 Å². The molecule has 1 unspecified atom stereocenters. The summed E-state index contributed by atoms with van der Waals surface area (Å²) < 4.78 is 0. The summed E-state index contributed by atoms with van der Waals surface area (Å²) in [5.74, 6) is 0.669. The van der Waals surface area contributed by atoms with Gasteiger partial charge in [0.15, 0.2) is 0 Å². The summed E-state index contributed by atoms with van der Waals surface area (Å²) in [5, 5.41) is 8.76. The van der Waals surface area contributed by atoms with Crippen LogP contribution in [0.4, 0.5) is 0 Å². The van der Waals surface area contributed by atoms with Crippen LogP contribution in [-0.2, 0) is 11.3 Å². The van der Waals surface area contributed by atoms with E-state index in [-0.39, 0.29) is 11.3 Å². The van der Waals surface area contributed by atoms with Gasteiger partial charge in [0, 0.05) is 19.5 Å². The second kappa shape index (κ2) is 5.05. The molecule has 3 heteroatoms. The van der Waals surface area contributed by atoms with Crippen LogP contribution in [0.15, 0.2) is 24.3 Å². The maximum absolute atomic E-state index is 12.0. The second-order valence-corrected chi connectivity index (χ2v) is 6.35. The van der Waals surface area contributed by atoms with Gasteiger partial charge in [0.05, 0.1) is 11.6 Å². The minimum Gasteiger partial charge on any atom is -0.338 e. The van der Waals surface area contributed by atoms with E-state index in [0.717, 1.165) is 12.1 Å². The molecule has 0 saturated carbocycles. The SMILES string of the molecule is CC(C)(C)C1CC(=O)N(Cc2ccc(C#N)cc2)C1. The molecule has 1 amide bonds. The third kappa shape index (κ3) is 3.14. The van der Waals surface area contributed by atoms with E-state index in [2.05, 4.69) is 26.8 Å². The topological polar surface area (TPSA) is 44.1 Å². The number of nitrogens with zero attached hydrogens (tertiary/aromatic N) is 2. The molecule has 1 aliphatic heterocycles. The first-order chi connectivity index (χ1) is 8.90. The van der Waals surface area contributed by atoms with Crippen LogP contribution in [0, 0.1) is 22.7 Å². The van der Waals surface area contributed by atoms with Crippen molar-refractivity contribution < 1.29 is 4.79 Å². The zero-order chi connectivity index (χ0) is 14.0. The molecular formula is C16H20N2O. The summed E-state index contributed by atoms with van der Waals surface area (Å²) in [6, 6.07) is 9.56. The Bertz CT molecular complexity index is 505. The number of carbonyl (C=O) groups is 1. The number of likely N-dealkylation sites (tertiary alicyclic amines) is 1. The van der Waals surface area contributed by atoms with E-state index >= 15 is 0 Å². The summed E-state index contributed by atoms with van der Waals surface area (Å²) in [4.78, 5) is 14.0. The fourth-order valence-electron chi connectivity index (χ4n) is 2.41. The average Bonchev–Trinajstić information content (AvgIpc) is 2.72. The van der Waals surface area contributed by atoms with Gasteiger partial charge < -0.3 is 4.90 Å². The molecular weight excluding hydrogens is 236 g/mol. The van der Waals surface area contributed by atoms with Crippen LogP contribution in [0.25, 0.3) is 0 Å². The predicted molar refractivity (Wildman–Crippen MR) is 74.1 cm³/mol. The van der Waals surface area contributed by atoms with Crippen molar-refractivity contribution in [1.29, 1.82) is 5.26 Å². The van der Waals surface area contributed by atoms with Crippen LogP contribution < -0.4 is 0 Å². The number of rotatable bonds is 2. The molecule has 2 rings (SSSR count). The third-order valence-electron chi connectivity index (χ3n) is 3.90. The molecule has 3 nitrogen and oxygen atoms in total. The van der Waals surface area contributed by atoms with Crippen molar-refractivity contribution in [2.75, 3.05) is 6.54 Å². The zero-order valence-electron chi connectivity index (χ0n) is 11.8. The average molecular weight is 256 g/mol. The highest BCUT2D eigenvalue weighted by Crippen LogP contribution is 2.34.